The van der Waals surface area contributed by atoms with Gasteiger partial charge < -0.3 is 10.4 Å². The average molecular weight is 273 g/mol. The summed E-state index contributed by atoms with van der Waals surface area (Å²) in [6, 6.07) is 2.82. The molecule has 100 valence electrons. The van der Waals surface area contributed by atoms with Gasteiger partial charge in [-0.1, -0.05) is 0 Å². The number of nitrogens with one attached hydrogen (secondary N) is 1. The molecule has 0 aliphatic rings. The van der Waals surface area contributed by atoms with E-state index in [1.54, 1.807) is 0 Å². The SMILES string of the molecule is CN(C)S(=O)(=O)CCNC(=O)c1ncccc1O. The van der Waals surface area contributed by atoms with E-state index in [9.17, 15) is 18.3 Å². The maximum atomic E-state index is 11.6. The molecule has 0 unspecified atom stereocenters. The van der Waals surface area contributed by atoms with E-state index in [2.05, 4.69) is 10.3 Å². The standard InChI is InChI=1S/C10H15N3O4S/c1-13(2)18(16,17)7-6-12-10(15)9-8(14)4-3-5-11-9/h3-5,14H,6-7H2,1-2H3,(H,12,15). The first-order valence-corrected chi connectivity index (χ1v) is 6.78. The highest BCUT2D eigenvalue weighted by atomic mass is 32.2. The smallest absolute Gasteiger partial charge is 0.273 e. The van der Waals surface area contributed by atoms with Gasteiger partial charge >= 0.3 is 0 Å². The monoisotopic (exact) mass is 273 g/mol. The third-order valence-corrected chi connectivity index (χ3v) is 4.04. The van der Waals surface area contributed by atoms with Crippen molar-refractivity contribution in [3.05, 3.63) is 24.0 Å². The molecule has 18 heavy (non-hydrogen) atoms. The van der Waals surface area contributed by atoms with E-state index in [-0.39, 0.29) is 23.7 Å². The molecule has 0 saturated carbocycles. The van der Waals surface area contributed by atoms with Gasteiger partial charge in [-0.3, -0.25) is 4.79 Å². The summed E-state index contributed by atoms with van der Waals surface area (Å²) in [4.78, 5) is 15.3. The van der Waals surface area contributed by atoms with Gasteiger partial charge in [-0.05, 0) is 12.1 Å². The molecule has 0 saturated heterocycles. The van der Waals surface area contributed by atoms with Crippen LogP contribution in [0.25, 0.3) is 0 Å². The van der Waals surface area contributed by atoms with Crippen molar-refractivity contribution in [2.24, 2.45) is 0 Å². The number of rotatable bonds is 5. The number of pyridine rings is 1. The third kappa shape index (κ3) is 3.67. The fourth-order valence-electron chi connectivity index (χ4n) is 1.13. The Morgan fingerprint density at radius 1 is 1.50 bits per heavy atom. The maximum Gasteiger partial charge on any atom is 0.273 e. The van der Waals surface area contributed by atoms with E-state index in [1.807, 2.05) is 0 Å². The van der Waals surface area contributed by atoms with Gasteiger partial charge in [0.05, 0.1) is 5.75 Å². The average Bonchev–Trinajstić information content (AvgIpc) is 2.29. The minimum Gasteiger partial charge on any atom is -0.505 e. The van der Waals surface area contributed by atoms with Crippen molar-refractivity contribution < 1.29 is 18.3 Å². The quantitative estimate of drug-likeness (QED) is 0.747. The Hall–Kier alpha value is -1.67. The number of amides is 1. The lowest BCUT2D eigenvalue weighted by Gasteiger charge is -2.11. The normalized spacial score (nSPS) is 11.5. The lowest BCUT2D eigenvalue weighted by Crippen LogP contribution is -2.34. The number of sulfonamides is 1. The summed E-state index contributed by atoms with van der Waals surface area (Å²) in [6.45, 7) is -0.0463. The summed E-state index contributed by atoms with van der Waals surface area (Å²) >= 11 is 0. The molecule has 0 spiro atoms. The number of hydrogen-bond donors (Lipinski definition) is 2. The summed E-state index contributed by atoms with van der Waals surface area (Å²) in [5.41, 5.74) is -0.125. The van der Waals surface area contributed by atoms with Crippen LogP contribution >= 0.6 is 0 Å². The largest absolute Gasteiger partial charge is 0.505 e. The predicted molar refractivity (Wildman–Crippen MR) is 65.7 cm³/mol. The van der Waals surface area contributed by atoms with Gasteiger partial charge in [0.15, 0.2) is 5.69 Å². The van der Waals surface area contributed by atoms with Gasteiger partial charge in [0, 0.05) is 26.8 Å². The van der Waals surface area contributed by atoms with Crippen LogP contribution in [-0.4, -0.2) is 55.1 Å². The molecule has 1 heterocycles. The van der Waals surface area contributed by atoms with Crippen LogP contribution in [0, 0.1) is 0 Å². The molecule has 2 N–H and O–H groups in total. The van der Waals surface area contributed by atoms with E-state index in [4.69, 9.17) is 0 Å². The second-order valence-electron chi connectivity index (χ2n) is 3.73. The van der Waals surface area contributed by atoms with Gasteiger partial charge in [-0.2, -0.15) is 0 Å². The van der Waals surface area contributed by atoms with E-state index < -0.39 is 15.9 Å². The molecule has 8 heteroatoms. The van der Waals surface area contributed by atoms with Crippen LogP contribution in [0.3, 0.4) is 0 Å². The minimum absolute atomic E-state index is 0.0463. The lowest BCUT2D eigenvalue weighted by molar-refractivity contribution is 0.0948. The first-order chi connectivity index (χ1) is 8.34. The highest BCUT2D eigenvalue weighted by Crippen LogP contribution is 2.11. The van der Waals surface area contributed by atoms with Crippen molar-refractivity contribution in [3.63, 3.8) is 0 Å². The topological polar surface area (TPSA) is 99.6 Å². The van der Waals surface area contributed by atoms with E-state index in [0.29, 0.717) is 0 Å². The van der Waals surface area contributed by atoms with Crippen molar-refractivity contribution in [1.82, 2.24) is 14.6 Å². The number of nitrogens with zero attached hydrogens (tertiary/aromatic N) is 2. The number of carbonyl (C=O) groups is 1. The molecule has 0 aliphatic heterocycles. The molecule has 0 bridgehead atoms. The Morgan fingerprint density at radius 2 is 2.17 bits per heavy atom. The van der Waals surface area contributed by atoms with Crippen molar-refractivity contribution in [3.8, 4) is 5.75 Å². The molecule has 1 rings (SSSR count). The highest BCUT2D eigenvalue weighted by Gasteiger charge is 2.16. The summed E-state index contributed by atoms with van der Waals surface area (Å²) in [6.07, 6.45) is 1.37. The molecule has 0 atom stereocenters. The van der Waals surface area contributed by atoms with Crippen LogP contribution in [0.15, 0.2) is 18.3 Å². The summed E-state index contributed by atoms with van der Waals surface area (Å²) < 4.78 is 23.9. The molecule has 0 aromatic carbocycles. The van der Waals surface area contributed by atoms with Crippen molar-refractivity contribution >= 4 is 15.9 Å². The molecular weight excluding hydrogens is 258 g/mol. The highest BCUT2D eigenvalue weighted by molar-refractivity contribution is 7.89. The van der Waals surface area contributed by atoms with Gasteiger partial charge in [-0.15, -0.1) is 0 Å². The van der Waals surface area contributed by atoms with Gasteiger partial charge in [-0.25, -0.2) is 17.7 Å². The summed E-state index contributed by atoms with van der Waals surface area (Å²) in [7, 11) is -0.514. The molecule has 1 aromatic rings. The molecule has 1 amide bonds. The molecule has 7 nitrogen and oxygen atoms in total. The van der Waals surface area contributed by atoms with Gasteiger partial charge in [0.2, 0.25) is 10.0 Å². The zero-order chi connectivity index (χ0) is 13.8. The number of aromatic hydroxyl groups is 1. The van der Waals surface area contributed by atoms with E-state index >= 15 is 0 Å². The van der Waals surface area contributed by atoms with Gasteiger partial charge in [0.1, 0.15) is 5.75 Å². The van der Waals surface area contributed by atoms with E-state index in [0.717, 1.165) is 4.31 Å². The molecule has 0 fully saturated rings. The Kier molecular flexibility index (Phi) is 4.62. The Bertz CT molecular complexity index is 528. The van der Waals surface area contributed by atoms with Crippen LogP contribution in [0.4, 0.5) is 0 Å². The first kappa shape index (κ1) is 14.4. The van der Waals surface area contributed by atoms with Crippen LogP contribution < -0.4 is 5.32 Å². The van der Waals surface area contributed by atoms with Crippen LogP contribution in [0.1, 0.15) is 10.5 Å². The third-order valence-electron chi connectivity index (χ3n) is 2.20. The number of aromatic nitrogens is 1. The van der Waals surface area contributed by atoms with Gasteiger partial charge in [0.25, 0.3) is 5.91 Å². The molecule has 0 radical (unpaired) electrons. The Labute approximate surface area is 106 Å². The molecular formula is C10H15N3O4S. The fraction of sp³-hybridized carbons (Fsp3) is 0.400. The van der Waals surface area contributed by atoms with Crippen LogP contribution in [0.2, 0.25) is 0 Å². The van der Waals surface area contributed by atoms with Crippen molar-refractivity contribution in [2.45, 2.75) is 0 Å². The molecule has 1 aromatic heterocycles. The van der Waals surface area contributed by atoms with Crippen molar-refractivity contribution in [2.75, 3.05) is 26.4 Å². The Balaban J connectivity index is 2.56. The maximum absolute atomic E-state index is 11.6. The minimum atomic E-state index is -3.35. The zero-order valence-corrected chi connectivity index (χ0v) is 10.9. The first-order valence-electron chi connectivity index (χ1n) is 5.17. The van der Waals surface area contributed by atoms with Crippen molar-refractivity contribution in [1.29, 1.82) is 0 Å². The van der Waals surface area contributed by atoms with Crippen LogP contribution in [0.5, 0.6) is 5.75 Å². The second-order valence-corrected chi connectivity index (χ2v) is 6.03. The van der Waals surface area contributed by atoms with Crippen LogP contribution in [-0.2, 0) is 10.0 Å². The summed E-state index contributed by atoms with van der Waals surface area (Å²) in [5.74, 6) is -1.06. The number of carbonyl (C=O) groups excluding carboxylic acids is 1. The lowest BCUT2D eigenvalue weighted by atomic mass is 10.3. The molecule has 0 aliphatic carbocycles. The second kappa shape index (κ2) is 5.78. The number of hydrogen-bond acceptors (Lipinski definition) is 5. The van der Waals surface area contributed by atoms with E-state index in [1.165, 1.54) is 32.4 Å². The predicted octanol–water partition coefficient (Wildman–Crippen LogP) is -0.592. The summed E-state index contributed by atoms with van der Waals surface area (Å²) in [5, 5.41) is 11.8. The Morgan fingerprint density at radius 3 is 2.72 bits per heavy atom. The zero-order valence-electron chi connectivity index (χ0n) is 10.1. The fourth-order valence-corrected chi connectivity index (χ4v) is 1.86.